The summed E-state index contributed by atoms with van der Waals surface area (Å²) in [6, 6.07) is 12.5. The van der Waals surface area contributed by atoms with Crippen LogP contribution in [0.5, 0.6) is 5.75 Å². The maximum Gasteiger partial charge on any atom is 0.253 e. The lowest BCUT2D eigenvalue weighted by Crippen LogP contribution is -1.98. The second-order valence-electron chi connectivity index (χ2n) is 6.37. The predicted molar refractivity (Wildman–Crippen MR) is 122 cm³/mol. The van der Waals surface area contributed by atoms with Crippen molar-refractivity contribution in [3.05, 3.63) is 59.1 Å². The van der Waals surface area contributed by atoms with E-state index in [1.807, 2.05) is 29.6 Å². The second kappa shape index (κ2) is 7.62. The molecule has 5 aromatic rings. The zero-order valence-electron chi connectivity index (χ0n) is 15.3. The Labute approximate surface area is 179 Å². The molecule has 0 atom stereocenters. The predicted octanol–water partition coefficient (Wildman–Crippen LogP) is 5.44. The van der Waals surface area contributed by atoms with Crippen molar-refractivity contribution in [1.82, 2.24) is 20.2 Å². The molecular formula is C20H14ClN7OS. The number of H-pyrrole nitrogens is 1. The Hall–Kier alpha value is -3.69. The highest BCUT2D eigenvalue weighted by Crippen LogP contribution is 2.31. The number of halogens is 1. The Morgan fingerprint density at radius 3 is 3.00 bits per heavy atom. The van der Waals surface area contributed by atoms with Crippen molar-refractivity contribution in [3.63, 3.8) is 0 Å². The van der Waals surface area contributed by atoms with Gasteiger partial charge in [-0.1, -0.05) is 11.6 Å². The number of phenols is 1. The number of rotatable bonds is 5. The number of hydrogen-bond donors (Lipinski definition) is 4. The molecule has 0 radical (unpaired) electrons. The molecule has 10 heteroatoms. The molecule has 0 spiro atoms. The van der Waals surface area contributed by atoms with Gasteiger partial charge in [-0.05, 0) is 47.8 Å². The molecule has 5 rings (SSSR count). The first-order valence-corrected chi connectivity index (χ1v) is 10.1. The van der Waals surface area contributed by atoms with Crippen molar-refractivity contribution < 1.29 is 5.11 Å². The summed E-state index contributed by atoms with van der Waals surface area (Å²) in [7, 11) is 0. The Morgan fingerprint density at radius 1 is 1.13 bits per heavy atom. The van der Waals surface area contributed by atoms with Crippen LogP contribution in [0.25, 0.3) is 21.1 Å². The Kier molecular flexibility index (Phi) is 4.66. The van der Waals surface area contributed by atoms with Gasteiger partial charge in [0.1, 0.15) is 5.75 Å². The maximum atomic E-state index is 9.88. The van der Waals surface area contributed by atoms with Gasteiger partial charge in [-0.25, -0.2) is 9.98 Å². The molecule has 3 aromatic heterocycles. The minimum atomic E-state index is 0.0667. The Balaban J connectivity index is 1.44. The van der Waals surface area contributed by atoms with Crippen molar-refractivity contribution in [2.45, 2.75) is 0 Å². The molecule has 8 nitrogen and oxygen atoms in total. The summed E-state index contributed by atoms with van der Waals surface area (Å²) >= 11 is 7.51. The quantitative estimate of drug-likeness (QED) is 0.166. The number of phenolic OH excluding ortho intramolecular Hbond substituents is 1. The molecule has 148 valence electrons. The summed E-state index contributed by atoms with van der Waals surface area (Å²) in [5.41, 5.74) is 3.08. The molecule has 0 aliphatic carbocycles. The number of aromatic hydroxyl groups is 1. The molecule has 3 heterocycles. The van der Waals surface area contributed by atoms with E-state index < -0.39 is 0 Å². The van der Waals surface area contributed by atoms with Gasteiger partial charge in [-0.3, -0.25) is 5.10 Å². The van der Waals surface area contributed by atoms with Crippen LogP contribution in [0.15, 0.2) is 59.0 Å². The van der Waals surface area contributed by atoms with E-state index in [-0.39, 0.29) is 11.7 Å². The van der Waals surface area contributed by atoms with Gasteiger partial charge in [-0.2, -0.15) is 10.1 Å². The maximum absolute atomic E-state index is 9.88. The topological polar surface area (TPSA) is 111 Å². The lowest BCUT2D eigenvalue weighted by atomic mass is 10.2. The number of thiophene rings is 1. The zero-order chi connectivity index (χ0) is 20.5. The molecule has 0 amide bonds. The zero-order valence-corrected chi connectivity index (χ0v) is 16.9. The van der Waals surface area contributed by atoms with E-state index in [2.05, 4.69) is 35.8 Å². The van der Waals surface area contributed by atoms with Crippen LogP contribution in [0.3, 0.4) is 0 Å². The van der Waals surface area contributed by atoms with E-state index >= 15 is 0 Å². The molecule has 2 aromatic carbocycles. The van der Waals surface area contributed by atoms with E-state index in [0.717, 1.165) is 26.8 Å². The summed E-state index contributed by atoms with van der Waals surface area (Å²) in [4.78, 5) is 13.3. The summed E-state index contributed by atoms with van der Waals surface area (Å²) in [5.74, 6) is 1.01. The van der Waals surface area contributed by atoms with Gasteiger partial charge in [0.15, 0.2) is 5.82 Å². The van der Waals surface area contributed by atoms with Gasteiger partial charge in [0.05, 0.1) is 34.0 Å². The number of anilines is 3. The number of benzene rings is 2. The summed E-state index contributed by atoms with van der Waals surface area (Å²) in [6.07, 6.45) is 3.19. The summed E-state index contributed by atoms with van der Waals surface area (Å²) < 4.78 is 0.932. The number of nitrogens with zero attached hydrogens (tertiary/aromatic N) is 4. The van der Waals surface area contributed by atoms with Crippen molar-refractivity contribution in [1.29, 1.82) is 0 Å². The fourth-order valence-electron chi connectivity index (χ4n) is 2.93. The van der Waals surface area contributed by atoms with Crippen LogP contribution in [0, 0.1) is 0 Å². The fraction of sp³-hybridized carbons (Fsp3) is 0. The average Bonchev–Trinajstić information content (AvgIpc) is 3.39. The van der Waals surface area contributed by atoms with E-state index in [1.54, 1.807) is 29.7 Å². The molecular weight excluding hydrogens is 422 g/mol. The highest BCUT2D eigenvalue weighted by Gasteiger charge is 2.10. The SMILES string of the molecule is Oc1ccc(Cl)cc1N/C=N/c1nc(Nc2ccc3[nH]ncc3c2)c2sccc2n1. The third kappa shape index (κ3) is 3.63. The summed E-state index contributed by atoms with van der Waals surface area (Å²) in [5, 5.41) is 26.6. The first kappa shape index (κ1) is 18.3. The van der Waals surface area contributed by atoms with Gasteiger partial charge in [0, 0.05) is 16.1 Å². The van der Waals surface area contributed by atoms with Gasteiger partial charge in [0.25, 0.3) is 5.95 Å². The van der Waals surface area contributed by atoms with Crippen LogP contribution in [0.1, 0.15) is 0 Å². The van der Waals surface area contributed by atoms with Gasteiger partial charge < -0.3 is 15.7 Å². The molecule has 0 saturated carbocycles. The summed E-state index contributed by atoms with van der Waals surface area (Å²) in [6.45, 7) is 0. The third-order valence-electron chi connectivity index (χ3n) is 4.35. The molecule has 0 aliphatic rings. The number of hydrogen-bond acceptors (Lipinski definition) is 7. The molecule has 0 fully saturated rings. The highest BCUT2D eigenvalue weighted by atomic mass is 35.5. The van der Waals surface area contributed by atoms with Crippen LogP contribution >= 0.6 is 22.9 Å². The average molecular weight is 436 g/mol. The number of aliphatic imine (C=N–C) groups is 1. The highest BCUT2D eigenvalue weighted by molar-refractivity contribution is 7.17. The van der Waals surface area contributed by atoms with E-state index in [0.29, 0.717) is 16.5 Å². The first-order chi connectivity index (χ1) is 14.7. The molecule has 30 heavy (non-hydrogen) atoms. The van der Waals surface area contributed by atoms with Crippen molar-refractivity contribution in [2.24, 2.45) is 4.99 Å². The van der Waals surface area contributed by atoms with Crippen LogP contribution in [-0.2, 0) is 0 Å². The molecule has 4 N–H and O–H groups in total. The lowest BCUT2D eigenvalue weighted by molar-refractivity contribution is 0.478. The van der Waals surface area contributed by atoms with E-state index in [1.165, 1.54) is 12.4 Å². The third-order valence-corrected chi connectivity index (χ3v) is 5.50. The van der Waals surface area contributed by atoms with Gasteiger partial charge in [0.2, 0.25) is 0 Å². The van der Waals surface area contributed by atoms with Crippen LogP contribution < -0.4 is 10.6 Å². The fourth-order valence-corrected chi connectivity index (χ4v) is 3.88. The van der Waals surface area contributed by atoms with E-state index in [4.69, 9.17) is 11.6 Å². The monoisotopic (exact) mass is 435 g/mol. The normalized spacial score (nSPS) is 11.5. The molecule has 0 saturated heterocycles. The smallest absolute Gasteiger partial charge is 0.253 e. The van der Waals surface area contributed by atoms with Crippen LogP contribution in [-0.4, -0.2) is 31.6 Å². The standard InChI is InChI=1S/C20H14ClN7OS/c21-12-1-4-17(29)16(8-12)22-10-23-20-26-15-5-6-30-18(15)19(27-20)25-13-2-3-14-11(7-13)9-24-28-14/h1-10,29H,(H,24,28)(H2,22,23,25,26,27). The second-order valence-corrected chi connectivity index (χ2v) is 7.72. The van der Waals surface area contributed by atoms with Gasteiger partial charge in [-0.15, -0.1) is 11.3 Å². The molecule has 0 bridgehead atoms. The molecule has 0 aliphatic heterocycles. The van der Waals surface area contributed by atoms with Crippen LogP contribution in [0.2, 0.25) is 5.02 Å². The largest absolute Gasteiger partial charge is 0.506 e. The lowest BCUT2D eigenvalue weighted by Gasteiger charge is -2.08. The van der Waals surface area contributed by atoms with Crippen molar-refractivity contribution >= 4 is 73.5 Å². The number of aromatic amines is 1. The van der Waals surface area contributed by atoms with Gasteiger partial charge >= 0.3 is 0 Å². The Morgan fingerprint density at radius 2 is 2.07 bits per heavy atom. The van der Waals surface area contributed by atoms with Crippen molar-refractivity contribution in [3.8, 4) is 5.75 Å². The van der Waals surface area contributed by atoms with Crippen LogP contribution in [0.4, 0.5) is 23.1 Å². The minimum Gasteiger partial charge on any atom is -0.506 e. The van der Waals surface area contributed by atoms with E-state index in [9.17, 15) is 5.11 Å². The molecule has 0 unspecified atom stereocenters. The Bertz CT molecular complexity index is 1390. The first-order valence-electron chi connectivity index (χ1n) is 8.89. The number of fused-ring (bicyclic) bond motifs is 2. The van der Waals surface area contributed by atoms with Crippen molar-refractivity contribution in [2.75, 3.05) is 10.6 Å². The number of nitrogens with one attached hydrogen (secondary N) is 3. The number of aromatic nitrogens is 4. The minimum absolute atomic E-state index is 0.0667.